The zero-order valence-electron chi connectivity index (χ0n) is 9.79. The van der Waals surface area contributed by atoms with Crippen molar-refractivity contribution in [1.29, 1.82) is 0 Å². The summed E-state index contributed by atoms with van der Waals surface area (Å²) in [6, 6.07) is 18.0. The van der Waals surface area contributed by atoms with E-state index < -0.39 is 8.60 Å². The Bertz CT molecular complexity index is 505. The summed E-state index contributed by atoms with van der Waals surface area (Å²) >= 11 is 0. The van der Waals surface area contributed by atoms with E-state index in [1.165, 1.54) is 0 Å². The Morgan fingerprint density at radius 3 is 1.74 bits per heavy atom. The molecule has 0 aliphatic rings. The van der Waals surface area contributed by atoms with Gasteiger partial charge in [-0.1, -0.05) is 36.4 Å². The zero-order chi connectivity index (χ0) is 13.3. The molecule has 0 radical (unpaired) electrons. The molecule has 0 atom stereocenters. The molecule has 2 aromatic carbocycles. The normalized spacial score (nSPS) is 9.53. The lowest BCUT2D eigenvalue weighted by Crippen LogP contribution is -1.96. The van der Waals surface area contributed by atoms with Gasteiger partial charge >= 0.3 is 8.60 Å². The van der Waals surface area contributed by atoms with Crippen molar-refractivity contribution in [2.75, 3.05) is 0 Å². The molecule has 7 heteroatoms. The maximum Gasteiger partial charge on any atom is 0.536 e. The van der Waals surface area contributed by atoms with Crippen molar-refractivity contribution in [3.05, 3.63) is 71.1 Å². The van der Waals surface area contributed by atoms with Gasteiger partial charge in [0.05, 0.1) is 0 Å². The number of hydrogen-bond acceptors (Lipinski definition) is 4. The van der Waals surface area contributed by atoms with Crippen molar-refractivity contribution < 1.29 is 13.7 Å². The largest absolute Gasteiger partial charge is 0.536 e. The quantitative estimate of drug-likeness (QED) is 0.254. The second-order valence-corrected chi connectivity index (χ2v) is 4.26. The van der Waals surface area contributed by atoms with Gasteiger partial charge in [-0.25, -0.2) is 0 Å². The number of hydrogen-bond donors (Lipinski definition) is 0. The third kappa shape index (κ3) is 4.39. The third-order valence-electron chi connectivity index (χ3n) is 1.99. The van der Waals surface area contributed by atoms with Gasteiger partial charge in [-0.15, -0.1) is 0 Å². The average molecular weight is 275 g/mol. The van der Waals surface area contributed by atoms with Crippen molar-refractivity contribution in [1.82, 2.24) is 0 Å². The number of nitrogens with zero attached hydrogens (tertiary/aromatic N) is 3. The van der Waals surface area contributed by atoms with Crippen molar-refractivity contribution in [3.63, 3.8) is 0 Å². The van der Waals surface area contributed by atoms with Gasteiger partial charge in [-0.2, -0.15) is 0 Å². The Balaban J connectivity index is 2.05. The van der Waals surface area contributed by atoms with Crippen LogP contribution in [0.25, 0.3) is 10.4 Å². The Labute approximate surface area is 111 Å². The molecular weight excluding hydrogens is 265 g/mol. The third-order valence-corrected chi connectivity index (χ3v) is 2.91. The van der Waals surface area contributed by atoms with Gasteiger partial charge in [0, 0.05) is 4.91 Å². The molecular formula is C12H10N3O3P. The van der Waals surface area contributed by atoms with Crippen molar-refractivity contribution in [3.8, 4) is 11.5 Å². The van der Waals surface area contributed by atoms with E-state index in [1.54, 1.807) is 24.3 Å². The lowest BCUT2D eigenvalue weighted by molar-refractivity contribution is 0.274. The minimum absolute atomic E-state index is 0.567. The molecule has 6 nitrogen and oxygen atoms in total. The van der Waals surface area contributed by atoms with Crippen LogP contribution in [0.3, 0.4) is 0 Å². The van der Waals surface area contributed by atoms with E-state index >= 15 is 0 Å². The van der Waals surface area contributed by atoms with Crippen LogP contribution in [0.5, 0.6) is 11.5 Å². The van der Waals surface area contributed by atoms with Crippen LogP contribution >= 0.6 is 8.60 Å². The summed E-state index contributed by atoms with van der Waals surface area (Å²) in [6.45, 7) is 0. The van der Waals surface area contributed by atoms with Crippen LogP contribution < -0.4 is 9.05 Å². The first-order chi connectivity index (χ1) is 9.38. The van der Waals surface area contributed by atoms with Crippen LogP contribution in [0.15, 0.2) is 65.9 Å². The van der Waals surface area contributed by atoms with Crippen molar-refractivity contribution >= 4 is 8.60 Å². The number of azide groups is 1. The zero-order valence-corrected chi connectivity index (χ0v) is 10.7. The molecule has 2 aromatic rings. The lowest BCUT2D eigenvalue weighted by Gasteiger charge is -2.14. The highest BCUT2D eigenvalue weighted by Crippen LogP contribution is 2.41. The molecule has 0 saturated heterocycles. The first kappa shape index (κ1) is 13.0. The second-order valence-electron chi connectivity index (χ2n) is 3.29. The fourth-order valence-electron chi connectivity index (χ4n) is 1.23. The maximum atomic E-state index is 8.28. The van der Waals surface area contributed by atoms with Crippen LogP contribution in [0.1, 0.15) is 0 Å². The molecule has 96 valence electrons. The molecule has 0 spiro atoms. The molecule has 0 saturated carbocycles. The van der Waals surface area contributed by atoms with Crippen LogP contribution in [0.2, 0.25) is 0 Å². The van der Waals surface area contributed by atoms with Crippen LogP contribution in [0, 0.1) is 0 Å². The summed E-state index contributed by atoms with van der Waals surface area (Å²) in [6.07, 6.45) is 0. The van der Waals surface area contributed by atoms with Crippen molar-refractivity contribution in [2.45, 2.75) is 0 Å². The predicted octanol–water partition coefficient (Wildman–Crippen LogP) is 4.61. The average Bonchev–Trinajstić information content (AvgIpc) is 2.47. The molecule has 0 aromatic heterocycles. The van der Waals surface area contributed by atoms with E-state index in [0.717, 1.165) is 0 Å². The second kappa shape index (κ2) is 7.11. The lowest BCUT2D eigenvalue weighted by atomic mass is 10.3. The van der Waals surface area contributed by atoms with E-state index in [4.69, 9.17) is 19.2 Å². The van der Waals surface area contributed by atoms with Crippen LogP contribution in [-0.4, -0.2) is 0 Å². The van der Waals surface area contributed by atoms with Gasteiger partial charge in [0.15, 0.2) is 0 Å². The molecule has 0 heterocycles. The summed E-state index contributed by atoms with van der Waals surface area (Å²) < 4.78 is 15.8. The highest BCUT2D eigenvalue weighted by Gasteiger charge is 2.17. The van der Waals surface area contributed by atoms with E-state index in [0.29, 0.717) is 11.5 Å². The fraction of sp³-hybridized carbons (Fsp3) is 0. The first-order valence-electron chi connectivity index (χ1n) is 5.36. The van der Waals surface area contributed by atoms with E-state index in [9.17, 15) is 0 Å². The number of benzene rings is 2. The van der Waals surface area contributed by atoms with Gasteiger partial charge in [-0.05, 0) is 29.8 Å². The Kier molecular flexibility index (Phi) is 4.87. The van der Waals surface area contributed by atoms with Gasteiger partial charge in [0.1, 0.15) is 16.8 Å². The molecule has 2 rings (SSSR count). The molecule has 0 fully saturated rings. The minimum atomic E-state index is -1.84. The SMILES string of the molecule is [N-]=[N+]=NOP(Oc1ccccc1)Oc1ccccc1. The molecule has 0 aliphatic heterocycles. The highest BCUT2D eigenvalue weighted by atomic mass is 31.2. The maximum absolute atomic E-state index is 8.28. The molecule has 0 aliphatic carbocycles. The summed E-state index contributed by atoms with van der Waals surface area (Å²) in [5.41, 5.74) is 8.28. The van der Waals surface area contributed by atoms with E-state index in [1.807, 2.05) is 36.4 Å². The van der Waals surface area contributed by atoms with E-state index in [2.05, 4.69) is 10.2 Å². The summed E-state index contributed by atoms with van der Waals surface area (Å²) in [5.74, 6) is 1.13. The summed E-state index contributed by atoms with van der Waals surface area (Å²) in [7, 11) is -1.84. The molecule has 0 N–H and O–H groups in total. The molecule has 0 amide bonds. The van der Waals surface area contributed by atoms with Crippen LogP contribution in [0.4, 0.5) is 0 Å². The fourth-order valence-corrected chi connectivity index (χ4v) is 2.02. The Morgan fingerprint density at radius 1 is 0.842 bits per heavy atom. The standard InChI is InChI=1S/C12H10N3O3P/c13-14-15-18-19(16-11-7-3-1-4-8-11)17-12-9-5-2-6-10-12/h1-10H. The van der Waals surface area contributed by atoms with E-state index in [-0.39, 0.29) is 0 Å². The number of para-hydroxylation sites is 2. The molecule has 0 unspecified atom stereocenters. The van der Waals surface area contributed by atoms with Crippen molar-refractivity contribution in [2.24, 2.45) is 5.28 Å². The van der Waals surface area contributed by atoms with Gasteiger partial charge in [-0.3, -0.25) is 0 Å². The van der Waals surface area contributed by atoms with Gasteiger partial charge in [0.2, 0.25) is 0 Å². The monoisotopic (exact) mass is 275 g/mol. The topological polar surface area (TPSA) is 76.5 Å². The molecule has 19 heavy (non-hydrogen) atoms. The highest BCUT2D eigenvalue weighted by molar-refractivity contribution is 7.42. The molecule has 0 bridgehead atoms. The van der Waals surface area contributed by atoms with Crippen LogP contribution in [-0.2, 0) is 4.62 Å². The smallest absolute Gasteiger partial charge is 0.408 e. The first-order valence-corrected chi connectivity index (χ1v) is 6.46. The number of rotatable bonds is 6. The summed E-state index contributed by atoms with van der Waals surface area (Å²) in [4.78, 5) is 2.52. The summed E-state index contributed by atoms with van der Waals surface area (Å²) in [5, 5.41) is 3.02. The van der Waals surface area contributed by atoms with Gasteiger partial charge in [0.25, 0.3) is 0 Å². The Morgan fingerprint density at radius 2 is 1.32 bits per heavy atom. The minimum Gasteiger partial charge on any atom is -0.408 e. The Hall–Kier alpha value is -2.42. The predicted molar refractivity (Wildman–Crippen MR) is 71.3 cm³/mol. The van der Waals surface area contributed by atoms with Gasteiger partial charge < -0.3 is 13.7 Å².